The molecule has 2 rings (SSSR count). The van der Waals surface area contributed by atoms with E-state index in [4.69, 9.17) is 4.42 Å². The largest absolute Gasteiger partial charge is 0.469 e. The maximum Gasteiger partial charge on any atom is 0.416 e. The number of hydrogen-bond acceptors (Lipinski definition) is 3. The van der Waals surface area contributed by atoms with Gasteiger partial charge in [0.2, 0.25) is 5.91 Å². The lowest BCUT2D eigenvalue weighted by Gasteiger charge is -2.23. The predicted molar refractivity (Wildman–Crippen MR) is 104 cm³/mol. The Bertz CT molecular complexity index is 800. The van der Waals surface area contributed by atoms with Crippen LogP contribution in [0, 0.1) is 0 Å². The van der Waals surface area contributed by atoms with Crippen molar-refractivity contribution in [2.75, 3.05) is 34.2 Å². The summed E-state index contributed by atoms with van der Waals surface area (Å²) in [6.07, 6.45) is -2.14. The monoisotopic (exact) mass is 410 g/mol. The van der Waals surface area contributed by atoms with E-state index in [1.54, 1.807) is 38.4 Å². The van der Waals surface area contributed by atoms with Gasteiger partial charge in [-0.3, -0.25) is 4.79 Å². The van der Waals surface area contributed by atoms with Gasteiger partial charge in [-0.15, -0.1) is 0 Å². The minimum atomic E-state index is -4.36. The van der Waals surface area contributed by atoms with Crippen molar-refractivity contribution in [3.63, 3.8) is 0 Å². The second kappa shape index (κ2) is 9.99. The molecule has 158 valence electrons. The maximum atomic E-state index is 12.7. The summed E-state index contributed by atoms with van der Waals surface area (Å²) in [5, 5.41) is 3.17. The van der Waals surface area contributed by atoms with Gasteiger partial charge in [0.05, 0.1) is 11.8 Å². The van der Waals surface area contributed by atoms with Crippen LogP contribution in [0.5, 0.6) is 0 Å². The van der Waals surface area contributed by atoms with E-state index in [9.17, 15) is 18.0 Å². The lowest BCUT2D eigenvalue weighted by Crippen LogP contribution is -2.40. The Morgan fingerprint density at radius 1 is 1.14 bits per heavy atom. The van der Waals surface area contributed by atoms with Crippen LogP contribution in [0.4, 0.5) is 13.2 Å². The van der Waals surface area contributed by atoms with Crippen molar-refractivity contribution in [3.05, 3.63) is 59.5 Å². The highest BCUT2D eigenvalue weighted by atomic mass is 19.4. The van der Waals surface area contributed by atoms with Crippen molar-refractivity contribution >= 4 is 11.9 Å². The van der Waals surface area contributed by atoms with E-state index in [2.05, 4.69) is 10.3 Å². The zero-order valence-electron chi connectivity index (χ0n) is 16.7. The van der Waals surface area contributed by atoms with Gasteiger partial charge in [-0.25, -0.2) is 4.99 Å². The number of nitrogens with zero attached hydrogens (tertiary/aromatic N) is 3. The fourth-order valence-corrected chi connectivity index (χ4v) is 2.50. The molecule has 1 aromatic carbocycles. The third-order valence-electron chi connectivity index (χ3n) is 4.16. The minimum absolute atomic E-state index is 0.0343. The number of alkyl halides is 3. The quantitative estimate of drug-likeness (QED) is 0.563. The molecule has 1 aromatic heterocycles. The number of nitrogens with one attached hydrogen (secondary N) is 1. The smallest absolute Gasteiger partial charge is 0.416 e. The van der Waals surface area contributed by atoms with Crippen LogP contribution in [-0.4, -0.2) is 55.9 Å². The average molecular weight is 410 g/mol. The second-order valence-corrected chi connectivity index (χ2v) is 6.73. The zero-order valence-corrected chi connectivity index (χ0v) is 16.7. The molecule has 6 nitrogen and oxygen atoms in total. The summed E-state index contributed by atoms with van der Waals surface area (Å²) >= 11 is 0. The summed E-state index contributed by atoms with van der Waals surface area (Å²) in [4.78, 5) is 19.4. The molecule has 1 N–H and O–H groups in total. The van der Waals surface area contributed by atoms with Gasteiger partial charge in [0.15, 0.2) is 5.96 Å². The van der Waals surface area contributed by atoms with E-state index in [1.807, 2.05) is 6.07 Å². The highest BCUT2D eigenvalue weighted by molar-refractivity contribution is 5.84. The number of amides is 1. The maximum absolute atomic E-state index is 12.7. The summed E-state index contributed by atoms with van der Waals surface area (Å²) in [7, 11) is 5.05. The number of rotatable bonds is 7. The molecule has 0 fully saturated rings. The molecule has 0 unspecified atom stereocenters. The third-order valence-corrected chi connectivity index (χ3v) is 4.16. The van der Waals surface area contributed by atoms with Crippen LogP contribution in [-0.2, 0) is 23.9 Å². The molecule has 0 aliphatic heterocycles. The first-order valence-electron chi connectivity index (χ1n) is 9.05. The molecule has 0 bridgehead atoms. The number of likely N-dealkylation sites (N-methyl/N-ethyl adjacent to an activating group) is 1. The molecule has 2 aromatic rings. The number of furan rings is 1. The fraction of sp³-hybridized carbons (Fsp3) is 0.400. The fourth-order valence-electron chi connectivity index (χ4n) is 2.50. The van der Waals surface area contributed by atoms with E-state index in [1.165, 1.54) is 17.0 Å². The van der Waals surface area contributed by atoms with Gasteiger partial charge < -0.3 is 19.5 Å². The summed E-state index contributed by atoms with van der Waals surface area (Å²) in [5.74, 6) is 1.14. The first-order chi connectivity index (χ1) is 13.7. The second-order valence-electron chi connectivity index (χ2n) is 6.73. The summed E-state index contributed by atoms with van der Waals surface area (Å²) in [5.41, 5.74) is 0.00548. The van der Waals surface area contributed by atoms with Gasteiger partial charge in [-0.1, -0.05) is 12.1 Å². The summed E-state index contributed by atoms with van der Waals surface area (Å²) < 4.78 is 43.5. The Morgan fingerprint density at radius 3 is 2.38 bits per heavy atom. The molecule has 1 amide bonds. The zero-order chi connectivity index (χ0) is 21.4. The molecule has 0 aliphatic rings. The number of carbonyl (C=O) groups excluding carboxylic acids is 1. The first-order valence-corrected chi connectivity index (χ1v) is 9.05. The van der Waals surface area contributed by atoms with Gasteiger partial charge in [0, 0.05) is 40.7 Å². The van der Waals surface area contributed by atoms with Crippen LogP contribution < -0.4 is 5.32 Å². The Labute approximate surface area is 168 Å². The number of hydrogen-bond donors (Lipinski definition) is 1. The van der Waals surface area contributed by atoms with Gasteiger partial charge in [0.1, 0.15) is 12.3 Å². The highest BCUT2D eigenvalue weighted by Gasteiger charge is 2.29. The summed E-state index contributed by atoms with van der Waals surface area (Å²) in [6.45, 7) is 0.828. The molecule has 0 aliphatic carbocycles. The molecular weight excluding hydrogens is 385 g/mol. The van der Waals surface area contributed by atoms with Crippen molar-refractivity contribution in [2.24, 2.45) is 4.99 Å². The van der Waals surface area contributed by atoms with E-state index >= 15 is 0 Å². The van der Waals surface area contributed by atoms with Crippen LogP contribution in [0.25, 0.3) is 0 Å². The molecular formula is C20H25F3N4O2. The Hall–Kier alpha value is -2.97. The van der Waals surface area contributed by atoms with E-state index in [0.717, 1.165) is 17.9 Å². The minimum Gasteiger partial charge on any atom is -0.469 e. The van der Waals surface area contributed by atoms with E-state index in [0.29, 0.717) is 31.0 Å². The number of carbonyl (C=O) groups is 1. The molecule has 0 saturated heterocycles. The van der Waals surface area contributed by atoms with Crippen LogP contribution in [0.3, 0.4) is 0 Å². The van der Waals surface area contributed by atoms with Crippen LogP contribution in [0.2, 0.25) is 0 Å². The van der Waals surface area contributed by atoms with E-state index in [-0.39, 0.29) is 12.5 Å². The standard InChI is InChI=1S/C20H25F3N4O2/c1-26(2)18(28)13-25-19(24-11-10-17-5-4-12-29-17)27(3)14-15-6-8-16(9-7-15)20(21,22)23/h4-9,12H,10-11,13-14H2,1-3H3,(H,24,25). The van der Waals surface area contributed by atoms with Crippen molar-refractivity contribution in [2.45, 2.75) is 19.1 Å². The van der Waals surface area contributed by atoms with E-state index < -0.39 is 11.7 Å². The topological polar surface area (TPSA) is 61.1 Å². The number of halogens is 3. The average Bonchev–Trinajstić information content (AvgIpc) is 3.17. The number of guanidine groups is 1. The molecule has 9 heteroatoms. The van der Waals surface area contributed by atoms with Crippen molar-refractivity contribution in [1.82, 2.24) is 15.1 Å². The Morgan fingerprint density at radius 2 is 1.83 bits per heavy atom. The normalized spacial score (nSPS) is 12.0. The molecule has 0 saturated carbocycles. The predicted octanol–water partition coefficient (Wildman–Crippen LogP) is 3.01. The molecule has 0 atom stereocenters. The van der Waals surface area contributed by atoms with Gasteiger partial charge in [0.25, 0.3) is 0 Å². The lowest BCUT2D eigenvalue weighted by molar-refractivity contribution is -0.137. The third kappa shape index (κ3) is 7.17. The van der Waals surface area contributed by atoms with Crippen LogP contribution in [0.15, 0.2) is 52.1 Å². The van der Waals surface area contributed by atoms with Crippen LogP contribution in [0.1, 0.15) is 16.9 Å². The molecule has 29 heavy (non-hydrogen) atoms. The van der Waals surface area contributed by atoms with Crippen molar-refractivity contribution in [3.8, 4) is 0 Å². The molecule has 0 spiro atoms. The van der Waals surface area contributed by atoms with Crippen molar-refractivity contribution in [1.29, 1.82) is 0 Å². The Balaban J connectivity index is 2.04. The van der Waals surface area contributed by atoms with Gasteiger partial charge in [-0.05, 0) is 29.8 Å². The summed E-state index contributed by atoms with van der Waals surface area (Å²) in [6, 6.07) is 8.64. The first kappa shape index (κ1) is 22.3. The molecule has 1 heterocycles. The lowest BCUT2D eigenvalue weighted by atomic mass is 10.1. The Kier molecular flexibility index (Phi) is 7.69. The molecule has 0 radical (unpaired) electrons. The number of aliphatic imine (C=N–C) groups is 1. The van der Waals surface area contributed by atoms with Crippen molar-refractivity contribution < 1.29 is 22.4 Å². The SMILES string of the molecule is CN(C)C(=O)CN=C(NCCc1ccco1)N(C)Cc1ccc(C(F)(F)F)cc1. The van der Waals surface area contributed by atoms with Gasteiger partial charge >= 0.3 is 6.18 Å². The highest BCUT2D eigenvalue weighted by Crippen LogP contribution is 2.29. The number of benzene rings is 1. The van der Waals surface area contributed by atoms with Gasteiger partial charge in [-0.2, -0.15) is 13.2 Å². The van der Waals surface area contributed by atoms with Crippen LogP contribution >= 0.6 is 0 Å².